The Morgan fingerprint density at radius 1 is 1.06 bits per heavy atom. The normalized spacial score (nSPS) is 10.0. The zero-order valence-corrected chi connectivity index (χ0v) is 10.1. The summed E-state index contributed by atoms with van der Waals surface area (Å²) in [6.45, 7) is 0. The molecule has 0 aromatic heterocycles. The minimum atomic E-state index is -0.429. The van der Waals surface area contributed by atoms with Gasteiger partial charge in [0.1, 0.15) is 6.29 Å². The van der Waals surface area contributed by atoms with Crippen molar-refractivity contribution in [2.24, 2.45) is 0 Å². The van der Waals surface area contributed by atoms with Crippen LogP contribution in [0.5, 0.6) is 0 Å². The van der Waals surface area contributed by atoms with Gasteiger partial charge in [-0.1, -0.05) is 23.9 Å². The highest BCUT2D eigenvalue weighted by Crippen LogP contribution is 2.29. The summed E-state index contributed by atoms with van der Waals surface area (Å²) in [5.74, 6) is 0. The fourth-order valence-electron chi connectivity index (χ4n) is 1.42. The van der Waals surface area contributed by atoms with Crippen LogP contribution in [0.4, 0.5) is 5.69 Å². The van der Waals surface area contributed by atoms with Crippen LogP contribution < -0.4 is 0 Å². The molecule has 0 atom stereocenters. The summed E-state index contributed by atoms with van der Waals surface area (Å²) in [5, 5.41) is 10.5. The fraction of sp³-hybridized carbons (Fsp3) is 0. The number of hydrogen-bond acceptors (Lipinski definition) is 4. The van der Waals surface area contributed by atoms with Crippen molar-refractivity contribution in [3.8, 4) is 0 Å². The predicted molar refractivity (Wildman–Crippen MR) is 69.0 cm³/mol. The van der Waals surface area contributed by atoms with E-state index in [0.717, 1.165) is 16.1 Å². The Labute approximate surface area is 108 Å². The molecule has 0 amide bonds. The summed E-state index contributed by atoms with van der Waals surface area (Å²) < 4.78 is 0. The van der Waals surface area contributed by atoms with E-state index in [1.165, 1.54) is 23.9 Å². The van der Waals surface area contributed by atoms with E-state index < -0.39 is 4.92 Å². The van der Waals surface area contributed by atoms with Gasteiger partial charge in [-0.25, -0.2) is 0 Å². The molecule has 0 radical (unpaired) electrons. The van der Waals surface area contributed by atoms with Crippen molar-refractivity contribution < 1.29 is 9.72 Å². The summed E-state index contributed by atoms with van der Waals surface area (Å²) >= 11 is 1.46. The zero-order valence-electron chi connectivity index (χ0n) is 9.28. The van der Waals surface area contributed by atoms with Crippen molar-refractivity contribution in [2.45, 2.75) is 9.79 Å². The molecule has 0 N–H and O–H groups in total. The van der Waals surface area contributed by atoms with Crippen LogP contribution in [0.25, 0.3) is 0 Å². The van der Waals surface area contributed by atoms with Crippen LogP contribution in [-0.4, -0.2) is 11.2 Å². The smallest absolute Gasteiger partial charge is 0.269 e. The lowest BCUT2D eigenvalue weighted by molar-refractivity contribution is -0.384. The number of hydrogen-bond donors (Lipinski definition) is 0. The van der Waals surface area contributed by atoms with Crippen LogP contribution in [0.3, 0.4) is 0 Å². The zero-order chi connectivity index (χ0) is 13.0. The van der Waals surface area contributed by atoms with Crippen molar-refractivity contribution in [1.82, 2.24) is 0 Å². The lowest BCUT2D eigenvalue weighted by Gasteiger charge is -2.01. The number of carbonyl (C=O) groups excluding carboxylic acids is 1. The van der Waals surface area contributed by atoms with Gasteiger partial charge in [-0.3, -0.25) is 14.9 Å². The standard InChI is InChI=1S/C13H9NO3S/c15-9-10-2-1-3-13(8-10)18-12-6-4-11(5-7-12)14(16)17/h1-9H. The molecule has 2 aromatic carbocycles. The maximum atomic E-state index is 10.6. The van der Waals surface area contributed by atoms with Crippen LogP contribution in [0, 0.1) is 10.1 Å². The minimum Gasteiger partial charge on any atom is -0.298 e. The average molecular weight is 259 g/mol. The lowest BCUT2D eigenvalue weighted by atomic mass is 10.2. The molecule has 0 aliphatic rings. The molecule has 90 valence electrons. The first kappa shape index (κ1) is 12.3. The van der Waals surface area contributed by atoms with E-state index in [-0.39, 0.29) is 5.69 Å². The molecule has 0 spiro atoms. The van der Waals surface area contributed by atoms with Gasteiger partial charge >= 0.3 is 0 Å². The van der Waals surface area contributed by atoms with Gasteiger partial charge in [-0.15, -0.1) is 0 Å². The molecule has 0 saturated heterocycles. The third-order valence-electron chi connectivity index (χ3n) is 2.28. The molecule has 0 aliphatic heterocycles. The van der Waals surface area contributed by atoms with E-state index in [4.69, 9.17) is 0 Å². The van der Waals surface area contributed by atoms with Gasteiger partial charge in [0.15, 0.2) is 0 Å². The average Bonchev–Trinajstić information content (AvgIpc) is 2.39. The molecule has 18 heavy (non-hydrogen) atoms. The monoisotopic (exact) mass is 259 g/mol. The molecule has 0 bridgehead atoms. The highest BCUT2D eigenvalue weighted by atomic mass is 32.2. The fourth-order valence-corrected chi connectivity index (χ4v) is 2.31. The maximum Gasteiger partial charge on any atom is 0.269 e. The van der Waals surface area contributed by atoms with Crippen LogP contribution in [0.15, 0.2) is 58.3 Å². The summed E-state index contributed by atoms with van der Waals surface area (Å²) in [5.41, 5.74) is 0.683. The number of nitro groups is 1. The summed E-state index contributed by atoms with van der Waals surface area (Å²) in [4.78, 5) is 22.5. The molecule has 0 heterocycles. The third kappa shape index (κ3) is 2.95. The number of nitro benzene ring substituents is 1. The lowest BCUT2D eigenvalue weighted by Crippen LogP contribution is -1.86. The number of benzene rings is 2. The SMILES string of the molecule is O=Cc1cccc(Sc2ccc([N+](=O)[O-])cc2)c1. The van der Waals surface area contributed by atoms with Gasteiger partial charge in [0.2, 0.25) is 0 Å². The second-order valence-electron chi connectivity index (χ2n) is 3.54. The molecule has 0 saturated carbocycles. The first-order valence-corrected chi connectivity index (χ1v) is 5.98. The first-order chi connectivity index (χ1) is 8.69. The van der Waals surface area contributed by atoms with Crippen molar-refractivity contribution >= 4 is 23.7 Å². The highest BCUT2D eigenvalue weighted by Gasteiger charge is 2.05. The van der Waals surface area contributed by atoms with Gasteiger partial charge in [-0.2, -0.15) is 0 Å². The van der Waals surface area contributed by atoms with Crippen LogP contribution in [0.1, 0.15) is 10.4 Å². The maximum absolute atomic E-state index is 10.6. The van der Waals surface area contributed by atoms with Crippen molar-refractivity contribution in [1.29, 1.82) is 0 Å². The van der Waals surface area contributed by atoms with Crippen LogP contribution in [0.2, 0.25) is 0 Å². The number of nitrogens with zero attached hydrogens (tertiary/aromatic N) is 1. The molecule has 0 fully saturated rings. The topological polar surface area (TPSA) is 60.2 Å². The molecule has 2 rings (SSSR count). The molecular weight excluding hydrogens is 250 g/mol. The molecule has 5 heteroatoms. The predicted octanol–water partition coefficient (Wildman–Crippen LogP) is 3.56. The Morgan fingerprint density at radius 3 is 2.39 bits per heavy atom. The van der Waals surface area contributed by atoms with E-state index in [2.05, 4.69) is 0 Å². The molecule has 2 aromatic rings. The minimum absolute atomic E-state index is 0.0704. The number of carbonyl (C=O) groups is 1. The van der Waals surface area contributed by atoms with Gasteiger partial charge in [0.25, 0.3) is 5.69 Å². The number of aldehydes is 1. The van der Waals surface area contributed by atoms with E-state index in [1.807, 2.05) is 6.07 Å². The second kappa shape index (κ2) is 5.46. The Hall–Kier alpha value is -2.14. The number of rotatable bonds is 4. The highest BCUT2D eigenvalue weighted by molar-refractivity contribution is 7.99. The summed E-state index contributed by atoms with van der Waals surface area (Å²) in [7, 11) is 0. The van der Waals surface area contributed by atoms with Crippen molar-refractivity contribution in [3.63, 3.8) is 0 Å². The molecule has 4 nitrogen and oxygen atoms in total. The van der Waals surface area contributed by atoms with Crippen molar-refractivity contribution in [2.75, 3.05) is 0 Å². The molecule has 0 aliphatic carbocycles. The molecule has 0 unspecified atom stereocenters. The van der Waals surface area contributed by atoms with Gasteiger partial charge in [0.05, 0.1) is 4.92 Å². The molecular formula is C13H9NO3S. The summed E-state index contributed by atoms with van der Waals surface area (Å²) in [6.07, 6.45) is 0.792. The van der Waals surface area contributed by atoms with Gasteiger partial charge in [0, 0.05) is 27.5 Å². The third-order valence-corrected chi connectivity index (χ3v) is 3.27. The van der Waals surface area contributed by atoms with Gasteiger partial charge in [-0.05, 0) is 24.3 Å². The summed E-state index contributed by atoms with van der Waals surface area (Å²) in [6, 6.07) is 13.5. The Kier molecular flexibility index (Phi) is 3.74. The Balaban J connectivity index is 2.17. The Morgan fingerprint density at radius 2 is 1.78 bits per heavy atom. The quantitative estimate of drug-likeness (QED) is 0.478. The van der Waals surface area contributed by atoms with E-state index >= 15 is 0 Å². The van der Waals surface area contributed by atoms with E-state index in [1.54, 1.807) is 30.3 Å². The van der Waals surface area contributed by atoms with Crippen LogP contribution in [-0.2, 0) is 0 Å². The first-order valence-electron chi connectivity index (χ1n) is 5.16. The Bertz CT molecular complexity index is 581. The van der Waals surface area contributed by atoms with E-state index in [0.29, 0.717) is 5.56 Å². The second-order valence-corrected chi connectivity index (χ2v) is 4.69. The van der Waals surface area contributed by atoms with Crippen molar-refractivity contribution in [3.05, 3.63) is 64.2 Å². The number of non-ortho nitro benzene ring substituents is 1. The van der Waals surface area contributed by atoms with E-state index in [9.17, 15) is 14.9 Å². The van der Waals surface area contributed by atoms with Crippen LogP contribution >= 0.6 is 11.8 Å². The van der Waals surface area contributed by atoms with Gasteiger partial charge < -0.3 is 0 Å². The largest absolute Gasteiger partial charge is 0.298 e.